The monoisotopic (exact) mass is 707 g/mol. The summed E-state index contributed by atoms with van der Waals surface area (Å²) >= 11 is 0. The van der Waals surface area contributed by atoms with Crippen LogP contribution in [0, 0.1) is 0 Å². The molecule has 0 aliphatic carbocycles. The fourth-order valence-corrected chi connectivity index (χ4v) is 9.46. The lowest BCUT2D eigenvalue weighted by atomic mass is 9.82. The largest absolute Gasteiger partial charge is 0.247 e. The van der Waals surface area contributed by atoms with Crippen LogP contribution >= 0.6 is 0 Å². The molecule has 0 aliphatic heterocycles. The first-order valence-electron chi connectivity index (χ1n) is 19.4. The molecule has 0 spiro atoms. The van der Waals surface area contributed by atoms with E-state index < -0.39 is 0 Å². The van der Waals surface area contributed by atoms with Crippen LogP contribution in [0.25, 0.3) is 120 Å². The zero-order valence-corrected chi connectivity index (χ0v) is 30.5. The number of fused-ring (bicyclic) bond motifs is 11. The standard InChI is InChI=1S/C55H33N/c1-6-18-41-34(13-1)25-26-35-28-30-52(56-55(35)41)38-27-29-48-51(33-38)54(50-32-37-15-3-5-17-40(37)43-20-8-10-22-45(43)50)47-24-12-11-23-46(47)53(48)49-31-36-14-2-4-16-39(36)42-19-7-9-21-44(42)49/h1-33H. The van der Waals surface area contributed by atoms with Crippen molar-refractivity contribution in [2.75, 3.05) is 0 Å². The van der Waals surface area contributed by atoms with Crippen LogP contribution in [0.15, 0.2) is 200 Å². The van der Waals surface area contributed by atoms with Crippen molar-refractivity contribution in [3.63, 3.8) is 0 Å². The molecule has 12 aromatic rings. The fourth-order valence-electron chi connectivity index (χ4n) is 9.46. The molecule has 1 nitrogen and oxygen atoms in total. The van der Waals surface area contributed by atoms with E-state index in [0.717, 1.165) is 22.2 Å². The highest BCUT2D eigenvalue weighted by atomic mass is 14.7. The summed E-state index contributed by atoms with van der Waals surface area (Å²) in [6.45, 7) is 0. The number of benzene rings is 11. The highest BCUT2D eigenvalue weighted by molar-refractivity contribution is 6.28. The third-order valence-electron chi connectivity index (χ3n) is 12.0. The molecule has 0 saturated carbocycles. The van der Waals surface area contributed by atoms with Crippen molar-refractivity contribution >= 4 is 86.3 Å². The van der Waals surface area contributed by atoms with Gasteiger partial charge in [-0.1, -0.05) is 176 Å². The van der Waals surface area contributed by atoms with E-state index in [1.54, 1.807) is 0 Å². The normalized spacial score (nSPS) is 11.9. The summed E-state index contributed by atoms with van der Waals surface area (Å²) in [7, 11) is 0. The van der Waals surface area contributed by atoms with Crippen molar-refractivity contribution in [2.45, 2.75) is 0 Å². The van der Waals surface area contributed by atoms with Crippen LogP contribution in [0.1, 0.15) is 0 Å². The second-order valence-corrected chi connectivity index (χ2v) is 15.0. The van der Waals surface area contributed by atoms with Crippen molar-refractivity contribution in [3.8, 4) is 33.5 Å². The molecule has 56 heavy (non-hydrogen) atoms. The van der Waals surface area contributed by atoms with Crippen LogP contribution < -0.4 is 0 Å². The Kier molecular flexibility index (Phi) is 6.70. The van der Waals surface area contributed by atoms with Gasteiger partial charge < -0.3 is 0 Å². The molecular weight excluding hydrogens is 675 g/mol. The molecule has 0 unspecified atom stereocenters. The summed E-state index contributed by atoms with van der Waals surface area (Å²) in [4.78, 5) is 5.39. The summed E-state index contributed by atoms with van der Waals surface area (Å²) in [6.07, 6.45) is 0. The molecule has 258 valence electrons. The predicted molar refractivity (Wildman–Crippen MR) is 241 cm³/mol. The van der Waals surface area contributed by atoms with Gasteiger partial charge in [0.25, 0.3) is 0 Å². The van der Waals surface area contributed by atoms with Crippen LogP contribution in [-0.4, -0.2) is 4.98 Å². The van der Waals surface area contributed by atoms with Crippen LogP contribution in [-0.2, 0) is 0 Å². The molecule has 0 aliphatic rings. The maximum atomic E-state index is 5.39. The first kappa shape index (κ1) is 31.0. The van der Waals surface area contributed by atoms with Crippen molar-refractivity contribution in [3.05, 3.63) is 200 Å². The molecule has 0 N–H and O–H groups in total. The first-order valence-corrected chi connectivity index (χ1v) is 19.4. The molecule has 1 heterocycles. The maximum absolute atomic E-state index is 5.39. The highest BCUT2D eigenvalue weighted by Crippen LogP contribution is 2.49. The van der Waals surface area contributed by atoms with Gasteiger partial charge in [-0.15, -0.1) is 0 Å². The minimum Gasteiger partial charge on any atom is -0.247 e. The van der Waals surface area contributed by atoms with Crippen molar-refractivity contribution in [1.82, 2.24) is 4.98 Å². The molecule has 12 rings (SSSR count). The Morgan fingerprint density at radius 3 is 1.29 bits per heavy atom. The van der Waals surface area contributed by atoms with Gasteiger partial charge >= 0.3 is 0 Å². The maximum Gasteiger partial charge on any atom is 0.0787 e. The molecule has 11 aromatic carbocycles. The molecule has 0 bridgehead atoms. The third-order valence-corrected chi connectivity index (χ3v) is 12.0. The molecule has 0 atom stereocenters. The zero-order chi connectivity index (χ0) is 36.7. The molecule has 0 radical (unpaired) electrons. The Balaban J connectivity index is 1.25. The minimum atomic E-state index is 0.968. The number of rotatable bonds is 3. The van der Waals surface area contributed by atoms with E-state index in [1.165, 1.54) is 97.7 Å². The van der Waals surface area contributed by atoms with Gasteiger partial charge in [0.1, 0.15) is 0 Å². The van der Waals surface area contributed by atoms with E-state index in [4.69, 9.17) is 4.98 Å². The lowest BCUT2D eigenvalue weighted by Crippen LogP contribution is -1.94. The van der Waals surface area contributed by atoms with Gasteiger partial charge in [-0.25, -0.2) is 4.98 Å². The molecule has 1 aromatic heterocycles. The van der Waals surface area contributed by atoms with E-state index in [0.29, 0.717) is 0 Å². The molecule has 1 heteroatoms. The Morgan fingerprint density at radius 1 is 0.250 bits per heavy atom. The van der Waals surface area contributed by atoms with Crippen LogP contribution in [0.5, 0.6) is 0 Å². The topological polar surface area (TPSA) is 12.9 Å². The smallest absolute Gasteiger partial charge is 0.0787 e. The second kappa shape index (κ2) is 12.1. The third kappa shape index (κ3) is 4.58. The van der Waals surface area contributed by atoms with Gasteiger partial charge in [-0.3, -0.25) is 0 Å². The zero-order valence-electron chi connectivity index (χ0n) is 30.5. The lowest BCUT2D eigenvalue weighted by Gasteiger charge is -2.21. The molecular formula is C55H33N. The summed E-state index contributed by atoms with van der Waals surface area (Å²) < 4.78 is 0. The van der Waals surface area contributed by atoms with Gasteiger partial charge in [-0.2, -0.15) is 0 Å². The SMILES string of the molecule is c1ccc2c(c1)cc(-c1c3ccccc3c(-c3cc4ccccc4c4ccccc34)c3cc(-c4ccc5ccc6ccccc6c5n4)ccc13)c1ccccc12. The summed E-state index contributed by atoms with van der Waals surface area (Å²) in [6, 6.07) is 73.7. The Morgan fingerprint density at radius 2 is 0.679 bits per heavy atom. The molecule has 0 saturated heterocycles. The molecule has 0 fully saturated rings. The van der Waals surface area contributed by atoms with E-state index in [2.05, 4.69) is 200 Å². The van der Waals surface area contributed by atoms with Crippen molar-refractivity contribution < 1.29 is 0 Å². The Labute approximate surface area is 323 Å². The number of hydrogen-bond donors (Lipinski definition) is 0. The lowest BCUT2D eigenvalue weighted by molar-refractivity contribution is 1.42. The van der Waals surface area contributed by atoms with E-state index in [9.17, 15) is 0 Å². The van der Waals surface area contributed by atoms with Crippen LogP contribution in [0.4, 0.5) is 0 Å². The summed E-state index contributed by atoms with van der Waals surface area (Å²) in [5.41, 5.74) is 8.10. The minimum absolute atomic E-state index is 0.968. The average molecular weight is 708 g/mol. The molecule has 0 amide bonds. The number of aromatic nitrogens is 1. The van der Waals surface area contributed by atoms with Crippen LogP contribution in [0.3, 0.4) is 0 Å². The second-order valence-electron chi connectivity index (χ2n) is 15.0. The predicted octanol–water partition coefficient (Wildman–Crippen LogP) is 15.3. The Hall–Kier alpha value is -7.35. The van der Waals surface area contributed by atoms with Crippen LogP contribution in [0.2, 0.25) is 0 Å². The summed E-state index contributed by atoms with van der Waals surface area (Å²) in [5.74, 6) is 0. The van der Waals surface area contributed by atoms with Gasteiger partial charge in [0.2, 0.25) is 0 Å². The quantitative estimate of drug-likeness (QED) is 0.132. The number of nitrogens with zero attached hydrogens (tertiary/aromatic N) is 1. The highest BCUT2D eigenvalue weighted by Gasteiger charge is 2.22. The van der Waals surface area contributed by atoms with Crippen molar-refractivity contribution in [2.24, 2.45) is 0 Å². The van der Waals surface area contributed by atoms with Gasteiger partial charge in [0, 0.05) is 16.3 Å². The van der Waals surface area contributed by atoms with E-state index in [-0.39, 0.29) is 0 Å². The number of pyridine rings is 1. The summed E-state index contributed by atoms with van der Waals surface area (Å²) in [5, 5.41) is 18.5. The van der Waals surface area contributed by atoms with Gasteiger partial charge in [0.05, 0.1) is 11.2 Å². The van der Waals surface area contributed by atoms with Gasteiger partial charge in [0.15, 0.2) is 0 Å². The fraction of sp³-hybridized carbons (Fsp3) is 0. The van der Waals surface area contributed by atoms with Gasteiger partial charge in [-0.05, 0) is 117 Å². The number of hydrogen-bond acceptors (Lipinski definition) is 1. The Bertz CT molecular complexity index is 3590. The van der Waals surface area contributed by atoms with E-state index >= 15 is 0 Å². The van der Waals surface area contributed by atoms with E-state index in [1.807, 2.05) is 0 Å². The average Bonchev–Trinajstić information content (AvgIpc) is 3.27. The first-order chi connectivity index (χ1) is 27.8. The van der Waals surface area contributed by atoms with Crippen molar-refractivity contribution in [1.29, 1.82) is 0 Å².